The first-order valence-corrected chi connectivity index (χ1v) is 10.8. The third kappa shape index (κ3) is 3.98. The van der Waals surface area contributed by atoms with E-state index in [1.165, 1.54) is 18.4 Å². The molecular weight excluding hydrogens is 358 g/mol. The van der Waals surface area contributed by atoms with E-state index >= 15 is 0 Å². The molecule has 0 spiro atoms. The minimum absolute atomic E-state index is 0.117. The van der Waals surface area contributed by atoms with Crippen molar-refractivity contribution in [1.82, 2.24) is 14.7 Å². The first kappa shape index (κ1) is 18.2. The second-order valence-electron chi connectivity index (χ2n) is 8.40. The largest absolute Gasteiger partial charge is 0.337 e. The molecule has 0 radical (unpaired) electrons. The lowest BCUT2D eigenvalue weighted by Gasteiger charge is -2.32. The van der Waals surface area contributed by atoms with Crippen LogP contribution in [0.15, 0.2) is 66.7 Å². The molecule has 2 aromatic carbocycles. The minimum Gasteiger partial charge on any atom is -0.337 e. The van der Waals surface area contributed by atoms with Gasteiger partial charge in [0.1, 0.15) is 5.69 Å². The number of benzene rings is 2. The highest BCUT2D eigenvalue weighted by Gasteiger charge is 2.31. The Kier molecular flexibility index (Phi) is 4.92. The van der Waals surface area contributed by atoms with Crippen molar-refractivity contribution in [3.8, 4) is 5.69 Å². The Morgan fingerprint density at radius 2 is 1.55 bits per heavy atom. The second kappa shape index (κ2) is 7.86. The van der Waals surface area contributed by atoms with Gasteiger partial charge in [-0.1, -0.05) is 48.5 Å². The van der Waals surface area contributed by atoms with Crippen LogP contribution < -0.4 is 0 Å². The van der Waals surface area contributed by atoms with Gasteiger partial charge in [0.05, 0.1) is 11.4 Å². The van der Waals surface area contributed by atoms with E-state index in [1.54, 1.807) is 0 Å². The Morgan fingerprint density at radius 1 is 0.897 bits per heavy atom. The number of para-hydroxylation sites is 1. The van der Waals surface area contributed by atoms with Crippen LogP contribution in [-0.2, 0) is 6.42 Å². The quantitative estimate of drug-likeness (QED) is 0.630. The first-order valence-electron chi connectivity index (χ1n) is 10.8. The number of likely N-dealkylation sites (tertiary alicyclic amines) is 1. The van der Waals surface area contributed by atoms with Crippen LogP contribution in [0.25, 0.3) is 5.69 Å². The lowest BCUT2D eigenvalue weighted by Crippen LogP contribution is -2.39. The number of amides is 1. The molecule has 0 N–H and O–H groups in total. The zero-order valence-corrected chi connectivity index (χ0v) is 16.7. The molecule has 0 atom stereocenters. The Balaban J connectivity index is 1.31. The summed E-state index contributed by atoms with van der Waals surface area (Å²) in [5.74, 6) is 1.30. The molecule has 29 heavy (non-hydrogen) atoms. The van der Waals surface area contributed by atoms with Gasteiger partial charge in [-0.25, -0.2) is 4.68 Å². The van der Waals surface area contributed by atoms with Crippen molar-refractivity contribution in [1.29, 1.82) is 0 Å². The van der Waals surface area contributed by atoms with E-state index in [0.717, 1.165) is 43.7 Å². The smallest absolute Gasteiger partial charge is 0.272 e. The molecule has 1 aliphatic heterocycles. The number of carbonyl (C=O) groups excluding carboxylic acids is 1. The Labute approximate surface area is 172 Å². The average Bonchev–Trinajstić information content (AvgIpc) is 3.53. The zero-order chi connectivity index (χ0) is 19.6. The highest BCUT2D eigenvalue weighted by molar-refractivity contribution is 5.93. The zero-order valence-electron chi connectivity index (χ0n) is 16.7. The van der Waals surface area contributed by atoms with Gasteiger partial charge in [0, 0.05) is 19.0 Å². The summed E-state index contributed by atoms with van der Waals surface area (Å²) < 4.78 is 1.85. The Hall–Kier alpha value is -2.88. The fourth-order valence-corrected chi connectivity index (χ4v) is 4.35. The average molecular weight is 386 g/mol. The van der Waals surface area contributed by atoms with Gasteiger partial charge >= 0.3 is 0 Å². The predicted molar refractivity (Wildman–Crippen MR) is 114 cm³/mol. The van der Waals surface area contributed by atoms with Gasteiger partial charge in [-0.2, -0.15) is 5.10 Å². The van der Waals surface area contributed by atoms with Crippen LogP contribution in [0.2, 0.25) is 0 Å². The summed E-state index contributed by atoms with van der Waals surface area (Å²) in [6.07, 6.45) is 5.61. The van der Waals surface area contributed by atoms with E-state index in [1.807, 2.05) is 46.0 Å². The van der Waals surface area contributed by atoms with Crippen LogP contribution >= 0.6 is 0 Å². The molecule has 148 valence electrons. The maximum absolute atomic E-state index is 13.4. The lowest BCUT2D eigenvalue weighted by molar-refractivity contribution is 0.0681. The number of piperidine rings is 1. The molecule has 4 heteroatoms. The molecule has 5 rings (SSSR count). The summed E-state index contributed by atoms with van der Waals surface area (Å²) in [5, 5.41) is 4.80. The van der Waals surface area contributed by atoms with Gasteiger partial charge in [-0.15, -0.1) is 0 Å². The van der Waals surface area contributed by atoms with Crippen LogP contribution in [0.5, 0.6) is 0 Å². The van der Waals surface area contributed by atoms with Crippen LogP contribution in [0.4, 0.5) is 0 Å². The van der Waals surface area contributed by atoms with Gasteiger partial charge in [0.15, 0.2) is 0 Å². The highest BCUT2D eigenvalue weighted by atomic mass is 16.2. The number of nitrogens with zero attached hydrogens (tertiary/aromatic N) is 3. The maximum atomic E-state index is 13.4. The summed E-state index contributed by atoms with van der Waals surface area (Å²) in [4.78, 5) is 15.4. The maximum Gasteiger partial charge on any atom is 0.272 e. The third-order valence-corrected chi connectivity index (χ3v) is 6.21. The summed E-state index contributed by atoms with van der Waals surface area (Å²) in [6, 6.07) is 22.7. The molecule has 2 heterocycles. The van der Waals surface area contributed by atoms with Gasteiger partial charge in [-0.3, -0.25) is 4.79 Å². The van der Waals surface area contributed by atoms with E-state index in [9.17, 15) is 4.79 Å². The minimum atomic E-state index is 0.117. The first-order chi connectivity index (χ1) is 14.3. The van der Waals surface area contributed by atoms with Crippen LogP contribution in [-0.4, -0.2) is 33.7 Å². The molecule has 2 fully saturated rings. The molecule has 1 aliphatic carbocycles. The number of carbonyl (C=O) groups is 1. The van der Waals surface area contributed by atoms with E-state index in [4.69, 9.17) is 5.10 Å². The highest BCUT2D eigenvalue weighted by Crippen LogP contribution is 2.40. The normalized spacial score (nSPS) is 17.4. The van der Waals surface area contributed by atoms with E-state index < -0.39 is 0 Å². The van der Waals surface area contributed by atoms with Crippen molar-refractivity contribution in [2.75, 3.05) is 13.1 Å². The van der Waals surface area contributed by atoms with Gasteiger partial charge in [-0.05, 0) is 61.8 Å². The molecule has 1 aromatic heterocycles. The molecule has 1 saturated heterocycles. The summed E-state index contributed by atoms with van der Waals surface area (Å²) >= 11 is 0. The van der Waals surface area contributed by atoms with E-state index in [0.29, 0.717) is 17.5 Å². The van der Waals surface area contributed by atoms with Crippen LogP contribution in [0.3, 0.4) is 0 Å². The van der Waals surface area contributed by atoms with Crippen LogP contribution in [0, 0.1) is 5.92 Å². The number of aromatic nitrogens is 2. The van der Waals surface area contributed by atoms with E-state index in [-0.39, 0.29) is 5.91 Å². The summed E-state index contributed by atoms with van der Waals surface area (Å²) in [5.41, 5.74) is 4.13. The standard InChI is InChI=1S/C25H27N3O/c29-25(27-15-13-20(14-16-27)17-19-7-3-1-4-8-19)24-18-23(21-11-12-21)26-28(24)22-9-5-2-6-10-22/h1-10,18,20-21H,11-17H2. The fraction of sp³-hybridized carbons (Fsp3) is 0.360. The summed E-state index contributed by atoms with van der Waals surface area (Å²) in [6.45, 7) is 1.66. The molecule has 1 amide bonds. The van der Waals surface area contributed by atoms with E-state index in [2.05, 4.69) is 30.3 Å². The summed E-state index contributed by atoms with van der Waals surface area (Å²) in [7, 11) is 0. The van der Waals surface area contributed by atoms with Gasteiger partial charge < -0.3 is 4.90 Å². The number of hydrogen-bond acceptors (Lipinski definition) is 2. The molecule has 0 bridgehead atoms. The van der Waals surface area contributed by atoms with Crippen molar-refractivity contribution >= 4 is 5.91 Å². The number of hydrogen-bond donors (Lipinski definition) is 0. The Morgan fingerprint density at radius 3 is 2.21 bits per heavy atom. The third-order valence-electron chi connectivity index (χ3n) is 6.21. The predicted octanol–water partition coefficient (Wildman–Crippen LogP) is 4.84. The monoisotopic (exact) mass is 385 g/mol. The van der Waals surface area contributed by atoms with Crippen molar-refractivity contribution in [3.05, 3.63) is 83.7 Å². The van der Waals surface area contributed by atoms with Crippen LogP contribution in [0.1, 0.15) is 53.3 Å². The topological polar surface area (TPSA) is 38.1 Å². The molecular formula is C25H27N3O. The van der Waals surface area contributed by atoms with Gasteiger partial charge in [0.2, 0.25) is 0 Å². The molecule has 2 aliphatic rings. The van der Waals surface area contributed by atoms with Crippen molar-refractivity contribution in [2.45, 2.75) is 38.0 Å². The second-order valence-corrected chi connectivity index (χ2v) is 8.40. The molecule has 4 nitrogen and oxygen atoms in total. The number of rotatable bonds is 5. The van der Waals surface area contributed by atoms with Gasteiger partial charge in [0.25, 0.3) is 5.91 Å². The Bertz CT molecular complexity index is 968. The SMILES string of the molecule is O=C(c1cc(C2CC2)nn1-c1ccccc1)N1CCC(Cc2ccccc2)CC1. The lowest BCUT2D eigenvalue weighted by atomic mass is 9.90. The molecule has 0 unspecified atom stereocenters. The molecule has 1 saturated carbocycles. The van der Waals surface area contributed by atoms with Crippen molar-refractivity contribution in [3.63, 3.8) is 0 Å². The van der Waals surface area contributed by atoms with Crippen molar-refractivity contribution < 1.29 is 4.79 Å². The van der Waals surface area contributed by atoms with Crippen molar-refractivity contribution in [2.24, 2.45) is 5.92 Å². The fourth-order valence-electron chi connectivity index (χ4n) is 4.35. The molecule has 3 aromatic rings.